The second-order valence-electron chi connectivity index (χ2n) is 6.46. The molecule has 0 bridgehead atoms. The summed E-state index contributed by atoms with van der Waals surface area (Å²) < 4.78 is 0. The number of hydrogen-bond donors (Lipinski definition) is 1. The Morgan fingerprint density at radius 2 is 1.71 bits per heavy atom. The van der Waals surface area contributed by atoms with Crippen molar-refractivity contribution in [2.75, 3.05) is 33.2 Å². The van der Waals surface area contributed by atoms with Crippen LogP contribution in [0.1, 0.15) is 33.1 Å². The van der Waals surface area contributed by atoms with E-state index in [4.69, 9.17) is 5.73 Å². The Morgan fingerprint density at radius 3 is 2.29 bits per heavy atom. The molecule has 1 heterocycles. The molecule has 3 nitrogen and oxygen atoms in total. The van der Waals surface area contributed by atoms with E-state index in [-0.39, 0.29) is 0 Å². The Labute approximate surface area is 106 Å². The summed E-state index contributed by atoms with van der Waals surface area (Å²) in [6.07, 6.45) is 4.17. The standard InChI is InChI=1S/C14H29N3/c1-11-6-12(2)8-13(7-11)17-5-4-16(3)10-14(17)9-15/h11-14H,4-10,15H2,1-3H3. The molecule has 3 heteroatoms. The molecular formula is C14H29N3. The van der Waals surface area contributed by atoms with E-state index in [2.05, 4.69) is 30.7 Å². The lowest BCUT2D eigenvalue weighted by atomic mass is 9.79. The van der Waals surface area contributed by atoms with Crippen LogP contribution in [0.2, 0.25) is 0 Å². The minimum absolute atomic E-state index is 0.580. The minimum Gasteiger partial charge on any atom is -0.329 e. The lowest BCUT2D eigenvalue weighted by Gasteiger charge is -2.47. The molecule has 3 atom stereocenters. The first kappa shape index (κ1) is 13.3. The van der Waals surface area contributed by atoms with E-state index in [0.717, 1.165) is 31.0 Å². The average molecular weight is 239 g/mol. The minimum atomic E-state index is 0.580. The van der Waals surface area contributed by atoms with E-state index in [1.54, 1.807) is 0 Å². The van der Waals surface area contributed by atoms with Gasteiger partial charge in [0, 0.05) is 38.3 Å². The molecule has 1 aliphatic heterocycles. The molecule has 0 aromatic rings. The molecular weight excluding hydrogens is 210 g/mol. The fourth-order valence-corrected chi connectivity index (χ4v) is 3.89. The van der Waals surface area contributed by atoms with Crippen molar-refractivity contribution in [1.82, 2.24) is 9.80 Å². The number of nitrogens with two attached hydrogens (primary N) is 1. The number of hydrogen-bond acceptors (Lipinski definition) is 3. The predicted octanol–water partition coefficient (Wildman–Crippen LogP) is 1.39. The zero-order valence-electron chi connectivity index (χ0n) is 11.7. The molecule has 2 rings (SSSR count). The van der Waals surface area contributed by atoms with E-state index in [1.165, 1.54) is 32.4 Å². The fourth-order valence-electron chi connectivity index (χ4n) is 3.89. The normalized spacial score (nSPS) is 41.6. The van der Waals surface area contributed by atoms with Gasteiger partial charge < -0.3 is 10.6 Å². The largest absolute Gasteiger partial charge is 0.329 e. The van der Waals surface area contributed by atoms with Crippen LogP contribution in [0.3, 0.4) is 0 Å². The summed E-state index contributed by atoms with van der Waals surface area (Å²) in [6, 6.07) is 1.37. The summed E-state index contributed by atoms with van der Waals surface area (Å²) >= 11 is 0. The van der Waals surface area contributed by atoms with Gasteiger partial charge in [-0.2, -0.15) is 0 Å². The topological polar surface area (TPSA) is 32.5 Å². The summed E-state index contributed by atoms with van der Waals surface area (Å²) in [5.41, 5.74) is 5.96. The first-order valence-corrected chi connectivity index (χ1v) is 7.24. The van der Waals surface area contributed by atoms with Crippen molar-refractivity contribution in [3.05, 3.63) is 0 Å². The summed E-state index contributed by atoms with van der Waals surface area (Å²) in [4.78, 5) is 5.13. The van der Waals surface area contributed by atoms with E-state index in [1.807, 2.05) is 0 Å². The number of rotatable bonds is 2. The Kier molecular flexibility index (Phi) is 4.45. The summed E-state index contributed by atoms with van der Waals surface area (Å²) in [6.45, 7) is 9.20. The van der Waals surface area contributed by atoms with E-state index >= 15 is 0 Å². The Bertz CT molecular complexity index is 234. The lowest BCUT2D eigenvalue weighted by Crippen LogP contribution is -2.59. The molecule has 3 unspecified atom stereocenters. The van der Waals surface area contributed by atoms with Crippen molar-refractivity contribution in [3.63, 3.8) is 0 Å². The summed E-state index contributed by atoms with van der Waals surface area (Å²) in [7, 11) is 2.21. The predicted molar refractivity (Wildman–Crippen MR) is 73.0 cm³/mol. The average Bonchev–Trinajstić information content (AvgIpc) is 2.27. The first-order chi connectivity index (χ1) is 8.10. The molecule has 0 amide bonds. The van der Waals surface area contributed by atoms with Gasteiger partial charge in [0.25, 0.3) is 0 Å². The zero-order valence-corrected chi connectivity index (χ0v) is 11.7. The van der Waals surface area contributed by atoms with Gasteiger partial charge in [-0.15, -0.1) is 0 Å². The number of nitrogens with zero attached hydrogens (tertiary/aromatic N) is 2. The molecule has 0 radical (unpaired) electrons. The van der Waals surface area contributed by atoms with Gasteiger partial charge in [0.1, 0.15) is 0 Å². The molecule has 2 aliphatic rings. The third-order valence-corrected chi connectivity index (χ3v) is 4.63. The van der Waals surface area contributed by atoms with Crippen LogP contribution in [-0.4, -0.2) is 55.1 Å². The van der Waals surface area contributed by atoms with Crippen LogP contribution in [0, 0.1) is 11.8 Å². The second-order valence-corrected chi connectivity index (χ2v) is 6.46. The highest BCUT2D eigenvalue weighted by Crippen LogP contribution is 2.32. The van der Waals surface area contributed by atoms with E-state index in [9.17, 15) is 0 Å². The van der Waals surface area contributed by atoms with Gasteiger partial charge >= 0.3 is 0 Å². The van der Waals surface area contributed by atoms with Crippen molar-refractivity contribution < 1.29 is 0 Å². The third kappa shape index (κ3) is 3.21. The Morgan fingerprint density at radius 1 is 1.06 bits per heavy atom. The third-order valence-electron chi connectivity index (χ3n) is 4.63. The maximum absolute atomic E-state index is 5.96. The number of piperazine rings is 1. The van der Waals surface area contributed by atoms with Crippen LogP contribution in [-0.2, 0) is 0 Å². The maximum atomic E-state index is 5.96. The van der Waals surface area contributed by atoms with Crippen molar-refractivity contribution in [3.8, 4) is 0 Å². The highest BCUT2D eigenvalue weighted by molar-refractivity contribution is 4.90. The number of likely N-dealkylation sites (N-methyl/N-ethyl adjacent to an activating group) is 1. The molecule has 1 saturated carbocycles. The van der Waals surface area contributed by atoms with Gasteiger partial charge in [-0.05, 0) is 38.1 Å². The van der Waals surface area contributed by atoms with Crippen molar-refractivity contribution >= 4 is 0 Å². The van der Waals surface area contributed by atoms with E-state index < -0.39 is 0 Å². The fraction of sp³-hybridized carbons (Fsp3) is 1.00. The molecule has 0 spiro atoms. The van der Waals surface area contributed by atoms with Gasteiger partial charge in [0.05, 0.1) is 0 Å². The highest BCUT2D eigenvalue weighted by atomic mass is 15.3. The highest BCUT2D eigenvalue weighted by Gasteiger charge is 2.34. The molecule has 17 heavy (non-hydrogen) atoms. The van der Waals surface area contributed by atoms with Gasteiger partial charge in [0.15, 0.2) is 0 Å². The molecule has 2 N–H and O–H groups in total. The van der Waals surface area contributed by atoms with Crippen LogP contribution in [0.5, 0.6) is 0 Å². The first-order valence-electron chi connectivity index (χ1n) is 7.24. The van der Waals surface area contributed by atoms with Crippen molar-refractivity contribution in [2.45, 2.75) is 45.2 Å². The molecule has 1 aliphatic carbocycles. The van der Waals surface area contributed by atoms with Crippen molar-refractivity contribution in [2.24, 2.45) is 17.6 Å². The second kappa shape index (κ2) is 5.68. The molecule has 0 aromatic carbocycles. The lowest BCUT2D eigenvalue weighted by molar-refractivity contribution is 0.0226. The molecule has 0 aromatic heterocycles. The Hall–Kier alpha value is -0.120. The van der Waals surface area contributed by atoms with Gasteiger partial charge in [-0.25, -0.2) is 0 Å². The van der Waals surface area contributed by atoms with Gasteiger partial charge in [0.2, 0.25) is 0 Å². The van der Waals surface area contributed by atoms with Crippen LogP contribution >= 0.6 is 0 Å². The van der Waals surface area contributed by atoms with Gasteiger partial charge in [-0.1, -0.05) is 13.8 Å². The van der Waals surface area contributed by atoms with E-state index in [0.29, 0.717) is 6.04 Å². The SMILES string of the molecule is CC1CC(C)CC(N2CCN(C)CC2CN)C1. The summed E-state index contributed by atoms with van der Waals surface area (Å²) in [5.74, 6) is 1.78. The van der Waals surface area contributed by atoms with Crippen molar-refractivity contribution in [1.29, 1.82) is 0 Å². The smallest absolute Gasteiger partial charge is 0.0349 e. The van der Waals surface area contributed by atoms with Crippen LogP contribution in [0.25, 0.3) is 0 Å². The summed E-state index contributed by atoms with van der Waals surface area (Å²) in [5, 5.41) is 0. The van der Waals surface area contributed by atoms with Crippen LogP contribution < -0.4 is 5.73 Å². The monoisotopic (exact) mass is 239 g/mol. The molecule has 2 fully saturated rings. The Balaban J connectivity index is 1.99. The van der Waals surface area contributed by atoms with Gasteiger partial charge in [-0.3, -0.25) is 4.90 Å². The van der Waals surface area contributed by atoms with Crippen LogP contribution in [0.15, 0.2) is 0 Å². The molecule has 1 saturated heterocycles. The quantitative estimate of drug-likeness (QED) is 0.790. The maximum Gasteiger partial charge on any atom is 0.0349 e. The van der Waals surface area contributed by atoms with Crippen LogP contribution in [0.4, 0.5) is 0 Å². The molecule has 100 valence electrons. The zero-order chi connectivity index (χ0) is 12.4.